The highest BCUT2D eigenvalue weighted by molar-refractivity contribution is 9.10. The molecule has 2 fully saturated rings. The zero-order valence-electron chi connectivity index (χ0n) is 12.1. The van der Waals surface area contributed by atoms with Crippen molar-refractivity contribution in [1.82, 2.24) is 5.43 Å². The lowest BCUT2D eigenvalue weighted by Crippen LogP contribution is -2.29. The Morgan fingerprint density at radius 3 is 2.71 bits per heavy atom. The van der Waals surface area contributed by atoms with Crippen molar-refractivity contribution in [2.75, 3.05) is 0 Å². The predicted octanol–water partition coefficient (Wildman–Crippen LogP) is 4.53. The average molecular weight is 349 g/mol. The van der Waals surface area contributed by atoms with Crippen molar-refractivity contribution >= 4 is 27.5 Å². The van der Waals surface area contributed by atoms with Gasteiger partial charge < -0.3 is 0 Å². The fraction of sp³-hybridized carbons (Fsp3) is 0.529. The maximum absolute atomic E-state index is 12.1. The maximum Gasteiger partial charge on any atom is 0.272 e. The minimum absolute atomic E-state index is 0.138. The molecule has 2 atom stereocenters. The second-order valence-corrected chi connectivity index (χ2v) is 7.00. The minimum atomic E-state index is -0.138. The largest absolute Gasteiger partial charge is 0.272 e. The number of nitrogens with one attached hydrogen (secondary N) is 1. The maximum atomic E-state index is 12.1. The van der Waals surface area contributed by atoms with E-state index in [1.807, 2.05) is 18.2 Å². The third-order valence-corrected chi connectivity index (χ3v) is 5.49. The summed E-state index contributed by atoms with van der Waals surface area (Å²) >= 11 is 3.40. The Morgan fingerprint density at radius 1 is 1.14 bits per heavy atom. The van der Waals surface area contributed by atoms with Gasteiger partial charge in [0.05, 0.1) is 5.56 Å². The molecule has 112 valence electrons. The van der Waals surface area contributed by atoms with E-state index in [4.69, 9.17) is 0 Å². The Bertz CT molecular complexity index is 555. The molecular formula is C17H21BrN2O. The van der Waals surface area contributed by atoms with Gasteiger partial charge in [0, 0.05) is 10.2 Å². The van der Waals surface area contributed by atoms with Gasteiger partial charge in [-0.3, -0.25) is 4.79 Å². The standard InChI is InChI=1S/C17H21BrN2O/c18-16-8-4-3-7-15(16)17(21)20-19-14-10-9-12-5-1-2-6-13(12)11-14/h3-4,7-8,12-13H,1-2,5-6,9-11H2,(H,20,21)/b19-14-/t12-,13+/m0/s1. The second kappa shape index (κ2) is 6.73. The van der Waals surface area contributed by atoms with Crippen molar-refractivity contribution in [3.05, 3.63) is 34.3 Å². The summed E-state index contributed by atoms with van der Waals surface area (Å²) in [6.45, 7) is 0. The van der Waals surface area contributed by atoms with Crippen LogP contribution in [0.5, 0.6) is 0 Å². The summed E-state index contributed by atoms with van der Waals surface area (Å²) in [7, 11) is 0. The molecule has 1 aromatic carbocycles. The number of halogens is 1. The van der Waals surface area contributed by atoms with Gasteiger partial charge in [0.15, 0.2) is 0 Å². The van der Waals surface area contributed by atoms with Gasteiger partial charge in [-0.1, -0.05) is 31.4 Å². The first-order valence-corrected chi connectivity index (χ1v) is 8.63. The monoisotopic (exact) mass is 348 g/mol. The van der Waals surface area contributed by atoms with Gasteiger partial charge in [0.2, 0.25) is 0 Å². The highest BCUT2D eigenvalue weighted by Gasteiger charge is 2.30. The van der Waals surface area contributed by atoms with Crippen molar-refractivity contribution in [3.63, 3.8) is 0 Å². The third kappa shape index (κ3) is 3.54. The third-order valence-electron chi connectivity index (χ3n) is 4.80. The first-order valence-electron chi connectivity index (χ1n) is 7.84. The zero-order valence-corrected chi connectivity index (χ0v) is 13.7. The lowest BCUT2D eigenvalue weighted by molar-refractivity contribution is 0.0953. The molecule has 2 aliphatic rings. The molecule has 0 bridgehead atoms. The van der Waals surface area contributed by atoms with E-state index in [1.54, 1.807) is 6.07 Å². The smallest absolute Gasteiger partial charge is 0.267 e. The first-order chi connectivity index (χ1) is 10.2. The molecule has 0 aromatic heterocycles. The van der Waals surface area contributed by atoms with Crippen LogP contribution in [0.25, 0.3) is 0 Å². The summed E-state index contributed by atoms with van der Waals surface area (Å²) in [5.41, 5.74) is 4.52. The molecular weight excluding hydrogens is 328 g/mol. The van der Waals surface area contributed by atoms with Crippen LogP contribution in [0.3, 0.4) is 0 Å². The molecule has 3 nitrogen and oxygen atoms in total. The molecule has 0 spiro atoms. The van der Waals surface area contributed by atoms with Gasteiger partial charge in [-0.15, -0.1) is 0 Å². The van der Waals surface area contributed by atoms with Crippen molar-refractivity contribution in [2.45, 2.75) is 44.9 Å². The summed E-state index contributed by atoms with van der Waals surface area (Å²) in [6.07, 6.45) is 8.83. The van der Waals surface area contributed by atoms with Gasteiger partial charge in [0.25, 0.3) is 5.91 Å². The van der Waals surface area contributed by atoms with Crippen LogP contribution >= 0.6 is 15.9 Å². The number of carbonyl (C=O) groups is 1. The fourth-order valence-electron chi connectivity index (χ4n) is 3.63. The second-order valence-electron chi connectivity index (χ2n) is 6.15. The Labute approximate surface area is 134 Å². The SMILES string of the molecule is O=C(N/N=C1/CC[C@@H]2CCCC[C@@H]2C1)c1ccccc1Br. The topological polar surface area (TPSA) is 41.5 Å². The number of carbonyl (C=O) groups excluding carboxylic acids is 1. The number of nitrogens with zero attached hydrogens (tertiary/aromatic N) is 1. The summed E-state index contributed by atoms with van der Waals surface area (Å²) in [5.74, 6) is 1.56. The molecule has 1 amide bonds. The van der Waals surface area contributed by atoms with E-state index in [1.165, 1.54) is 37.8 Å². The van der Waals surface area contributed by atoms with Crippen LogP contribution in [0.1, 0.15) is 55.3 Å². The van der Waals surface area contributed by atoms with Gasteiger partial charge >= 0.3 is 0 Å². The molecule has 21 heavy (non-hydrogen) atoms. The van der Waals surface area contributed by atoms with Crippen molar-refractivity contribution in [3.8, 4) is 0 Å². The van der Waals surface area contributed by atoms with E-state index in [0.717, 1.165) is 29.2 Å². The van der Waals surface area contributed by atoms with Crippen LogP contribution in [0.2, 0.25) is 0 Å². The van der Waals surface area contributed by atoms with E-state index in [2.05, 4.69) is 26.5 Å². The van der Waals surface area contributed by atoms with Gasteiger partial charge in [0.1, 0.15) is 0 Å². The van der Waals surface area contributed by atoms with Crippen LogP contribution in [0, 0.1) is 11.8 Å². The lowest BCUT2D eigenvalue weighted by Gasteiger charge is -2.35. The molecule has 2 saturated carbocycles. The van der Waals surface area contributed by atoms with Crippen molar-refractivity contribution in [2.24, 2.45) is 16.9 Å². The van der Waals surface area contributed by atoms with Crippen LogP contribution < -0.4 is 5.43 Å². The summed E-state index contributed by atoms with van der Waals surface area (Å²) in [4.78, 5) is 12.1. The van der Waals surface area contributed by atoms with Crippen LogP contribution in [0.4, 0.5) is 0 Å². The fourth-order valence-corrected chi connectivity index (χ4v) is 4.09. The first kappa shape index (κ1) is 14.8. The summed E-state index contributed by atoms with van der Waals surface area (Å²) in [5, 5.41) is 4.39. The van der Waals surface area contributed by atoms with E-state index in [0.29, 0.717) is 5.56 Å². The van der Waals surface area contributed by atoms with Gasteiger partial charge in [-0.2, -0.15) is 5.10 Å². The van der Waals surface area contributed by atoms with E-state index in [-0.39, 0.29) is 5.91 Å². The number of benzene rings is 1. The van der Waals surface area contributed by atoms with Crippen LogP contribution in [-0.4, -0.2) is 11.6 Å². The Hall–Kier alpha value is -1.16. The molecule has 0 radical (unpaired) electrons. The molecule has 0 unspecified atom stereocenters. The van der Waals surface area contributed by atoms with Gasteiger partial charge in [-0.05, 0) is 65.6 Å². The minimum Gasteiger partial charge on any atom is -0.267 e. The van der Waals surface area contributed by atoms with Crippen molar-refractivity contribution < 1.29 is 4.79 Å². The van der Waals surface area contributed by atoms with E-state index >= 15 is 0 Å². The summed E-state index contributed by atoms with van der Waals surface area (Å²) < 4.78 is 0.804. The molecule has 2 aliphatic carbocycles. The molecule has 1 aromatic rings. The molecule has 3 rings (SSSR count). The molecule has 0 saturated heterocycles. The van der Waals surface area contributed by atoms with Crippen LogP contribution in [0.15, 0.2) is 33.8 Å². The normalized spacial score (nSPS) is 27.2. The Morgan fingerprint density at radius 2 is 1.90 bits per heavy atom. The molecule has 4 heteroatoms. The number of fused-ring (bicyclic) bond motifs is 1. The van der Waals surface area contributed by atoms with E-state index in [9.17, 15) is 4.79 Å². The lowest BCUT2D eigenvalue weighted by atomic mass is 9.70. The Balaban J connectivity index is 1.61. The van der Waals surface area contributed by atoms with Gasteiger partial charge in [-0.25, -0.2) is 5.43 Å². The van der Waals surface area contributed by atoms with Crippen LogP contribution in [-0.2, 0) is 0 Å². The highest BCUT2D eigenvalue weighted by Crippen LogP contribution is 2.39. The predicted molar refractivity (Wildman–Crippen MR) is 88.3 cm³/mol. The molecule has 0 heterocycles. The number of hydrogen-bond donors (Lipinski definition) is 1. The Kier molecular flexibility index (Phi) is 4.73. The number of rotatable bonds is 2. The van der Waals surface area contributed by atoms with Crippen molar-refractivity contribution in [1.29, 1.82) is 0 Å². The molecule has 0 aliphatic heterocycles. The summed E-state index contributed by atoms with van der Waals surface area (Å²) in [6, 6.07) is 7.43. The number of amides is 1. The number of hydrazone groups is 1. The quantitative estimate of drug-likeness (QED) is 0.784. The van der Waals surface area contributed by atoms with E-state index < -0.39 is 0 Å². The molecule has 1 N–H and O–H groups in total. The average Bonchev–Trinajstić information content (AvgIpc) is 2.53. The highest BCUT2D eigenvalue weighted by atomic mass is 79.9. The zero-order chi connectivity index (χ0) is 14.7. The number of hydrogen-bond acceptors (Lipinski definition) is 2.